The number of benzene rings is 7. The fourth-order valence-corrected chi connectivity index (χ4v) is 6.19. The lowest BCUT2D eigenvalue weighted by Crippen LogP contribution is -1.91. The van der Waals surface area contributed by atoms with Gasteiger partial charge in [-0.1, -0.05) is 104 Å². The van der Waals surface area contributed by atoms with E-state index >= 15 is 4.39 Å². The van der Waals surface area contributed by atoms with Crippen LogP contribution in [0.15, 0.2) is 133 Å². The predicted molar refractivity (Wildman–Crippen MR) is 193 cm³/mol. The van der Waals surface area contributed by atoms with Gasteiger partial charge in [-0.3, -0.25) is 0 Å². The van der Waals surface area contributed by atoms with E-state index < -0.39 is 0 Å². The first-order chi connectivity index (χ1) is 22.9. The van der Waals surface area contributed by atoms with Gasteiger partial charge in [0.1, 0.15) is 11.6 Å². The summed E-state index contributed by atoms with van der Waals surface area (Å²) in [7, 11) is 0. The van der Waals surface area contributed by atoms with Gasteiger partial charge in [-0.25, -0.2) is 8.78 Å². The Morgan fingerprint density at radius 2 is 1.06 bits per heavy atom. The molecule has 0 spiro atoms. The van der Waals surface area contributed by atoms with Crippen molar-refractivity contribution in [2.45, 2.75) is 33.1 Å². The molecule has 0 radical (unpaired) electrons. The predicted octanol–water partition coefficient (Wildman–Crippen LogP) is 12.3. The number of hydrogen-bond acceptors (Lipinski definition) is 0. The summed E-state index contributed by atoms with van der Waals surface area (Å²) >= 11 is 0. The SMILES string of the molecule is CCCCc1ccc(C#Cc2cc(F)c(-c3ccc4cc(-c5ccc6cc(-c7ccccc7F)ccc6c5)ccc4c3)cc2C)cc1. The summed E-state index contributed by atoms with van der Waals surface area (Å²) in [6.45, 7) is 4.18. The molecular weight excluding hydrogens is 578 g/mol. The minimum Gasteiger partial charge on any atom is -0.206 e. The Kier molecular flexibility index (Phi) is 8.38. The van der Waals surface area contributed by atoms with Gasteiger partial charge in [0.2, 0.25) is 0 Å². The van der Waals surface area contributed by atoms with Crippen LogP contribution in [0.5, 0.6) is 0 Å². The molecule has 0 unspecified atom stereocenters. The van der Waals surface area contributed by atoms with E-state index in [4.69, 9.17) is 0 Å². The smallest absolute Gasteiger partial charge is 0.132 e. The summed E-state index contributed by atoms with van der Waals surface area (Å²) in [5.41, 5.74) is 8.98. The molecule has 0 fully saturated rings. The van der Waals surface area contributed by atoms with Gasteiger partial charge in [0.25, 0.3) is 0 Å². The van der Waals surface area contributed by atoms with Crippen LogP contribution in [0, 0.1) is 30.4 Å². The van der Waals surface area contributed by atoms with Gasteiger partial charge in [-0.2, -0.15) is 0 Å². The average Bonchev–Trinajstić information content (AvgIpc) is 3.10. The molecule has 0 aliphatic rings. The molecule has 2 heteroatoms. The van der Waals surface area contributed by atoms with Crippen LogP contribution < -0.4 is 0 Å². The summed E-state index contributed by atoms with van der Waals surface area (Å²) in [5, 5.41) is 4.29. The number of rotatable bonds is 6. The fraction of sp³-hybridized carbons (Fsp3) is 0.111. The molecule has 7 rings (SSSR count). The molecule has 0 atom stereocenters. The van der Waals surface area contributed by atoms with Crippen LogP contribution in [0.2, 0.25) is 0 Å². The first-order valence-electron chi connectivity index (χ1n) is 16.2. The first kappa shape index (κ1) is 30.2. The largest absolute Gasteiger partial charge is 0.206 e. The van der Waals surface area contributed by atoms with Crippen molar-refractivity contribution < 1.29 is 8.78 Å². The monoisotopic (exact) mass is 612 g/mol. The Hall–Kier alpha value is -5.52. The summed E-state index contributed by atoms with van der Waals surface area (Å²) in [6, 6.07) is 43.5. The highest BCUT2D eigenvalue weighted by molar-refractivity contribution is 5.94. The highest BCUT2D eigenvalue weighted by Crippen LogP contribution is 2.33. The molecular formula is C45H34F2. The minimum absolute atomic E-state index is 0.221. The van der Waals surface area contributed by atoms with Crippen molar-refractivity contribution in [3.05, 3.63) is 167 Å². The number of aryl methyl sites for hydroxylation is 2. The van der Waals surface area contributed by atoms with Crippen molar-refractivity contribution in [2.24, 2.45) is 0 Å². The maximum absolute atomic E-state index is 15.5. The Labute approximate surface area is 275 Å². The average molecular weight is 613 g/mol. The van der Waals surface area contributed by atoms with Crippen LogP contribution in [0.25, 0.3) is 54.9 Å². The molecule has 47 heavy (non-hydrogen) atoms. The van der Waals surface area contributed by atoms with Crippen molar-refractivity contribution in [1.82, 2.24) is 0 Å². The van der Waals surface area contributed by atoms with Crippen molar-refractivity contribution >= 4 is 21.5 Å². The van der Waals surface area contributed by atoms with Crippen LogP contribution in [-0.2, 0) is 6.42 Å². The Morgan fingerprint density at radius 1 is 0.511 bits per heavy atom. The first-order valence-corrected chi connectivity index (χ1v) is 16.2. The zero-order chi connectivity index (χ0) is 32.3. The highest BCUT2D eigenvalue weighted by atomic mass is 19.1. The molecule has 0 saturated heterocycles. The van der Waals surface area contributed by atoms with E-state index in [9.17, 15) is 4.39 Å². The molecule has 0 bridgehead atoms. The van der Waals surface area contributed by atoms with Gasteiger partial charge in [0.05, 0.1) is 0 Å². The lowest BCUT2D eigenvalue weighted by Gasteiger charge is -2.11. The summed E-state index contributed by atoms with van der Waals surface area (Å²) in [6.07, 6.45) is 3.44. The second kappa shape index (κ2) is 13.1. The van der Waals surface area contributed by atoms with Crippen molar-refractivity contribution in [2.75, 3.05) is 0 Å². The zero-order valence-electron chi connectivity index (χ0n) is 26.6. The number of unbranched alkanes of at least 4 members (excludes halogenated alkanes) is 1. The van der Waals surface area contributed by atoms with Gasteiger partial charge >= 0.3 is 0 Å². The standard InChI is InChI=1S/C45H34F2/c1-3-4-7-31-10-12-32(13-11-31)14-15-33-29-45(47)43(24-30(33)2)41-23-21-37-26-35(17-19-39(37)28-41)34-16-18-38-27-40(22-20-36(38)25-34)42-8-5-6-9-44(42)46/h5-6,8-13,16-29H,3-4,7H2,1-2H3. The fourth-order valence-electron chi connectivity index (χ4n) is 6.19. The molecule has 7 aromatic carbocycles. The van der Waals surface area contributed by atoms with E-state index in [1.807, 2.05) is 61.5 Å². The Morgan fingerprint density at radius 3 is 1.66 bits per heavy atom. The third-order valence-corrected chi connectivity index (χ3v) is 8.94. The van der Waals surface area contributed by atoms with Gasteiger partial charge < -0.3 is 0 Å². The molecule has 0 aliphatic carbocycles. The van der Waals surface area contributed by atoms with Crippen molar-refractivity contribution in [3.63, 3.8) is 0 Å². The number of hydrogen-bond donors (Lipinski definition) is 0. The second-order valence-corrected chi connectivity index (χ2v) is 12.2. The molecule has 0 saturated carbocycles. The Balaban J connectivity index is 1.12. The molecule has 228 valence electrons. The summed E-state index contributed by atoms with van der Waals surface area (Å²) < 4.78 is 29.8. The van der Waals surface area contributed by atoms with Crippen LogP contribution in [-0.4, -0.2) is 0 Å². The van der Waals surface area contributed by atoms with Crippen LogP contribution in [0.1, 0.15) is 42.0 Å². The lowest BCUT2D eigenvalue weighted by atomic mass is 9.94. The number of halogens is 2. The van der Waals surface area contributed by atoms with Crippen LogP contribution in [0.4, 0.5) is 8.78 Å². The zero-order valence-corrected chi connectivity index (χ0v) is 26.6. The van der Waals surface area contributed by atoms with Gasteiger partial charge in [0.15, 0.2) is 0 Å². The quantitative estimate of drug-likeness (QED) is 0.164. The van der Waals surface area contributed by atoms with E-state index in [0.717, 1.165) is 61.3 Å². The second-order valence-electron chi connectivity index (χ2n) is 12.2. The third-order valence-electron chi connectivity index (χ3n) is 8.94. The van der Waals surface area contributed by atoms with E-state index in [1.165, 1.54) is 24.5 Å². The van der Waals surface area contributed by atoms with Crippen LogP contribution in [0.3, 0.4) is 0 Å². The van der Waals surface area contributed by atoms with E-state index in [2.05, 4.69) is 73.4 Å². The van der Waals surface area contributed by atoms with E-state index in [0.29, 0.717) is 16.7 Å². The topological polar surface area (TPSA) is 0 Å². The third kappa shape index (κ3) is 6.44. The summed E-state index contributed by atoms with van der Waals surface area (Å²) in [4.78, 5) is 0. The lowest BCUT2D eigenvalue weighted by molar-refractivity contribution is 0.630. The van der Waals surface area contributed by atoms with Crippen LogP contribution >= 0.6 is 0 Å². The Bertz CT molecular complexity index is 2320. The van der Waals surface area contributed by atoms with Gasteiger partial charge in [-0.05, 0) is 129 Å². The summed E-state index contributed by atoms with van der Waals surface area (Å²) in [5.74, 6) is 5.89. The van der Waals surface area contributed by atoms with E-state index in [-0.39, 0.29) is 11.6 Å². The molecule has 7 aromatic rings. The maximum atomic E-state index is 15.5. The molecule has 0 N–H and O–H groups in total. The molecule has 0 aromatic heterocycles. The molecule has 0 heterocycles. The van der Waals surface area contributed by atoms with Crippen molar-refractivity contribution in [1.29, 1.82) is 0 Å². The highest BCUT2D eigenvalue weighted by Gasteiger charge is 2.11. The van der Waals surface area contributed by atoms with Crippen molar-refractivity contribution in [3.8, 4) is 45.2 Å². The molecule has 0 amide bonds. The molecule has 0 nitrogen and oxygen atoms in total. The number of fused-ring (bicyclic) bond motifs is 2. The van der Waals surface area contributed by atoms with E-state index in [1.54, 1.807) is 18.2 Å². The van der Waals surface area contributed by atoms with Gasteiger partial charge in [0, 0.05) is 22.3 Å². The normalized spacial score (nSPS) is 11.1. The molecule has 0 aliphatic heterocycles. The van der Waals surface area contributed by atoms with Gasteiger partial charge in [-0.15, -0.1) is 0 Å². The minimum atomic E-state index is -0.278. The maximum Gasteiger partial charge on any atom is 0.132 e.